The molecule has 31 heavy (non-hydrogen) atoms. The number of ether oxygens (including phenoxy) is 1. The van der Waals surface area contributed by atoms with Crippen molar-refractivity contribution in [3.63, 3.8) is 0 Å². The van der Waals surface area contributed by atoms with Crippen LogP contribution in [0.5, 0.6) is 0 Å². The molecule has 2 fully saturated rings. The van der Waals surface area contributed by atoms with E-state index in [1.165, 1.54) is 11.8 Å². The minimum atomic E-state index is -1.09. The number of amides is 2. The third kappa shape index (κ3) is 3.44. The molecule has 3 aliphatic rings. The molecule has 5 rings (SSSR count). The largest absolute Gasteiger partial charge is 0.453 e. The van der Waals surface area contributed by atoms with Crippen LogP contribution in [0.25, 0.3) is 0 Å². The second-order valence-electron chi connectivity index (χ2n) is 7.86. The second-order valence-corrected chi connectivity index (χ2v) is 9.18. The lowest BCUT2D eigenvalue weighted by molar-refractivity contribution is -0.154. The molecule has 8 heteroatoms. The number of hydrogen-bond donors (Lipinski definition) is 0. The van der Waals surface area contributed by atoms with Gasteiger partial charge in [-0.15, -0.1) is 0 Å². The lowest BCUT2D eigenvalue weighted by Crippen LogP contribution is -2.51. The molecule has 3 aliphatic heterocycles. The summed E-state index contributed by atoms with van der Waals surface area (Å²) < 4.78 is 5.48. The molecule has 1 atom stereocenters. The summed E-state index contributed by atoms with van der Waals surface area (Å²) in [4.78, 5) is 43.6. The second kappa shape index (κ2) is 7.92. The third-order valence-electron chi connectivity index (χ3n) is 6.07. The van der Waals surface area contributed by atoms with Crippen LogP contribution < -0.4 is 9.80 Å². The van der Waals surface area contributed by atoms with Crippen LogP contribution in [0.2, 0.25) is 0 Å². The first kappa shape index (κ1) is 19.9. The van der Waals surface area contributed by atoms with Crippen LogP contribution in [-0.2, 0) is 19.1 Å². The van der Waals surface area contributed by atoms with Gasteiger partial charge in [0.1, 0.15) is 0 Å². The van der Waals surface area contributed by atoms with Crippen LogP contribution in [-0.4, -0.2) is 60.3 Å². The maximum absolute atomic E-state index is 13.1. The van der Waals surface area contributed by atoms with E-state index in [1.807, 2.05) is 42.5 Å². The summed E-state index contributed by atoms with van der Waals surface area (Å²) in [5.41, 5.74) is 1.89. The summed E-state index contributed by atoms with van der Waals surface area (Å²) in [6.07, 6.45) is 0.680. The maximum atomic E-state index is 13.1. The van der Waals surface area contributed by atoms with Crippen molar-refractivity contribution in [1.82, 2.24) is 4.90 Å². The van der Waals surface area contributed by atoms with Crippen LogP contribution in [0, 0.1) is 0 Å². The average Bonchev–Trinajstić information content (AvgIpc) is 3.33. The molecule has 160 valence electrons. The zero-order valence-corrected chi connectivity index (χ0v) is 17.8. The molecule has 0 spiro atoms. The van der Waals surface area contributed by atoms with Crippen molar-refractivity contribution < 1.29 is 19.1 Å². The minimum absolute atomic E-state index is 0.0854. The molecule has 7 nitrogen and oxygen atoms in total. The number of esters is 1. The highest BCUT2D eigenvalue weighted by Gasteiger charge is 2.58. The molecule has 0 bridgehead atoms. The van der Waals surface area contributed by atoms with Crippen LogP contribution in [0.4, 0.5) is 11.4 Å². The highest BCUT2D eigenvalue weighted by Crippen LogP contribution is 2.56. The number of nitrogens with zero attached hydrogens (tertiary/aromatic N) is 3. The Labute approximate surface area is 184 Å². The normalized spacial score (nSPS) is 22.3. The van der Waals surface area contributed by atoms with Crippen LogP contribution in [0.1, 0.15) is 12.8 Å². The minimum Gasteiger partial charge on any atom is -0.453 e. The van der Waals surface area contributed by atoms with Crippen LogP contribution in [0.3, 0.4) is 0 Å². The quantitative estimate of drug-likeness (QED) is 0.685. The van der Waals surface area contributed by atoms with E-state index in [0.717, 1.165) is 29.4 Å². The Morgan fingerprint density at radius 1 is 0.968 bits per heavy atom. The van der Waals surface area contributed by atoms with Gasteiger partial charge in [0.2, 0.25) is 5.91 Å². The van der Waals surface area contributed by atoms with Crippen LogP contribution in [0.15, 0.2) is 59.5 Å². The summed E-state index contributed by atoms with van der Waals surface area (Å²) in [6.45, 7) is 2.34. The Hall–Kier alpha value is -3.00. The van der Waals surface area contributed by atoms with Gasteiger partial charge in [-0.2, -0.15) is 0 Å². The smallest absolute Gasteiger partial charge is 0.344 e. The Morgan fingerprint density at radius 3 is 2.45 bits per heavy atom. The predicted octanol–water partition coefficient (Wildman–Crippen LogP) is 2.51. The van der Waals surface area contributed by atoms with Gasteiger partial charge >= 0.3 is 5.97 Å². The van der Waals surface area contributed by atoms with Gasteiger partial charge in [-0.3, -0.25) is 14.5 Å². The van der Waals surface area contributed by atoms with Gasteiger partial charge in [0.15, 0.2) is 11.5 Å². The van der Waals surface area contributed by atoms with E-state index in [-0.39, 0.29) is 18.4 Å². The number of anilines is 2. The molecule has 0 saturated carbocycles. The number of rotatable bonds is 4. The van der Waals surface area contributed by atoms with Gasteiger partial charge in [0, 0.05) is 49.6 Å². The number of carbonyl (C=O) groups excluding carboxylic acids is 3. The van der Waals surface area contributed by atoms with Gasteiger partial charge in [0.25, 0.3) is 5.91 Å². The lowest BCUT2D eigenvalue weighted by atomic mass is 10.2. The number of carbonyl (C=O) groups is 3. The number of para-hydroxylation sites is 2. The number of benzene rings is 2. The lowest BCUT2D eigenvalue weighted by Gasteiger charge is -2.36. The average molecular weight is 438 g/mol. The summed E-state index contributed by atoms with van der Waals surface area (Å²) in [7, 11) is 0. The molecule has 0 N–H and O–H groups in total. The molecular formula is C23H23N3O4S. The van der Waals surface area contributed by atoms with Crippen molar-refractivity contribution in [3.05, 3.63) is 54.6 Å². The van der Waals surface area contributed by atoms with E-state index < -0.39 is 10.8 Å². The molecule has 0 radical (unpaired) electrons. The fraction of sp³-hybridized carbons (Fsp3) is 0.348. The topological polar surface area (TPSA) is 70.2 Å². The van der Waals surface area contributed by atoms with Crippen LogP contribution >= 0.6 is 11.8 Å². The molecule has 2 aromatic carbocycles. The first-order valence-electron chi connectivity index (χ1n) is 10.4. The van der Waals surface area contributed by atoms with Gasteiger partial charge in [-0.25, -0.2) is 4.79 Å². The molecule has 3 heterocycles. The van der Waals surface area contributed by atoms with E-state index >= 15 is 0 Å². The molecule has 2 aromatic rings. The molecule has 0 aliphatic carbocycles. The van der Waals surface area contributed by atoms with Crippen molar-refractivity contribution in [2.24, 2.45) is 0 Å². The van der Waals surface area contributed by atoms with Gasteiger partial charge in [-0.05, 0) is 24.3 Å². The molecule has 2 amide bonds. The van der Waals surface area contributed by atoms with Crippen molar-refractivity contribution in [2.45, 2.75) is 22.6 Å². The fourth-order valence-corrected chi connectivity index (χ4v) is 5.87. The number of thioether (sulfide) groups is 1. The highest BCUT2D eigenvalue weighted by molar-refractivity contribution is 8.02. The maximum Gasteiger partial charge on any atom is 0.344 e. The van der Waals surface area contributed by atoms with E-state index in [4.69, 9.17) is 4.74 Å². The first-order valence-corrected chi connectivity index (χ1v) is 11.3. The van der Waals surface area contributed by atoms with Crippen molar-refractivity contribution >= 4 is 40.9 Å². The molecule has 1 unspecified atom stereocenters. The zero-order chi connectivity index (χ0) is 21.4. The monoisotopic (exact) mass is 437 g/mol. The summed E-state index contributed by atoms with van der Waals surface area (Å²) in [5, 5.41) is 0. The van der Waals surface area contributed by atoms with Crippen molar-refractivity contribution in [1.29, 1.82) is 0 Å². The Bertz CT molecular complexity index is 1020. The van der Waals surface area contributed by atoms with Gasteiger partial charge < -0.3 is 14.5 Å². The van der Waals surface area contributed by atoms with E-state index in [2.05, 4.69) is 17.0 Å². The Kier molecular flexibility index (Phi) is 5.09. The molecule has 2 saturated heterocycles. The van der Waals surface area contributed by atoms with E-state index in [9.17, 15) is 14.4 Å². The predicted molar refractivity (Wildman–Crippen MR) is 118 cm³/mol. The Morgan fingerprint density at radius 2 is 1.68 bits per heavy atom. The molecular weight excluding hydrogens is 414 g/mol. The third-order valence-corrected chi connectivity index (χ3v) is 7.53. The number of fused-ring (bicyclic) bond motifs is 3. The molecule has 0 aromatic heterocycles. The van der Waals surface area contributed by atoms with Gasteiger partial charge in [-0.1, -0.05) is 42.1 Å². The van der Waals surface area contributed by atoms with E-state index in [1.54, 1.807) is 9.80 Å². The van der Waals surface area contributed by atoms with Crippen molar-refractivity contribution in [3.8, 4) is 0 Å². The summed E-state index contributed by atoms with van der Waals surface area (Å²) >= 11 is 1.35. The Balaban J connectivity index is 1.20. The van der Waals surface area contributed by atoms with Crippen molar-refractivity contribution in [2.75, 3.05) is 42.6 Å². The first-order chi connectivity index (χ1) is 15.1. The SMILES string of the molecule is O=C(COC(=O)C12CCC(=O)N1c1ccccc1S2)N1CCN(c2ccccc2)CC1. The van der Waals surface area contributed by atoms with E-state index in [0.29, 0.717) is 25.9 Å². The summed E-state index contributed by atoms with van der Waals surface area (Å²) in [5.74, 6) is -0.803. The zero-order valence-electron chi connectivity index (χ0n) is 17.0. The number of piperazine rings is 1. The standard InChI is InChI=1S/C23H23N3O4S/c27-20-10-11-23(26(20)18-8-4-5-9-19(18)31-23)22(29)30-16-21(28)25-14-12-24(13-15-25)17-6-2-1-3-7-17/h1-9H,10-16H2. The number of hydrogen-bond acceptors (Lipinski definition) is 6. The summed E-state index contributed by atoms with van der Waals surface area (Å²) in [6, 6.07) is 17.6. The fourth-order valence-electron chi connectivity index (χ4n) is 4.46. The highest BCUT2D eigenvalue weighted by atomic mass is 32.2. The van der Waals surface area contributed by atoms with Gasteiger partial charge in [0.05, 0.1) is 5.69 Å².